The Morgan fingerprint density at radius 3 is 2.93 bits per heavy atom. The number of hydrogen-bond donors (Lipinski definition) is 0. The van der Waals surface area contributed by atoms with Crippen LogP contribution in [0, 0.1) is 0 Å². The summed E-state index contributed by atoms with van der Waals surface area (Å²) in [7, 11) is 0. The van der Waals surface area contributed by atoms with Crippen LogP contribution >= 0.6 is 27.5 Å². The van der Waals surface area contributed by atoms with Crippen molar-refractivity contribution in [3.05, 3.63) is 46.1 Å². The quantitative estimate of drug-likeness (QED) is 0.565. The lowest BCUT2D eigenvalue weighted by Crippen LogP contribution is -1.76. The van der Waals surface area contributed by atoms with E-state index in [0.29, 0.717) is 0 Å². The zero-order chi connectivity index (χ0) is 10.4. The van der Waals surface area contributed by atoms with Crippen molar-refractivity contribution in [2.75, 3.05) is 0 Å². The van der Waals surface area contributed by atoms with E-state index in [0.717, 1.165) is 31.2 Å². The summed E-state index contributed by atoms with van der Waals surface area (Å²) in [6.45, 7) is 0. The molecule has 3 aromatic rings. The minimum atomic E-state index is 0.722. The van der Waals surface area contributed by atoms with Gasteiger partial charge in [-0.15, -0.1) is 0 Å². The molecule has 0 aliphatic carbocycles. The minimum Gasteiger partial charge on any atom is -0.464 e. The normalized spacial score (nSPS) is 11.3. The van der Waals surface area contributed by atoms with Gasteiger partial charge in [0.15, 0.2) is 0 Å². The van der Waals surface area contributed by atoms with Crippen molar-refractivity contribution in [1.29, 1.82) is 0 Å². The van der Waals surface area contributed by atoms with Crippen LogP contribution in [-0.4, -0.2) is 0 Å². The summed E-state index contributed by atoms with van der Waals surface area (Å²) >= 11 is 9.69. The predicted molar refractivity (Wildman–Crippen MR) is 66.4 cm³/mol. The first-order valence-electron chi connectivity index (χ1n) is 4.51. The summed E-state index contributed by atoms with van der Waals surface area (Å²) in [6, 6.07) is 9.82. The Morgan fingerprint density at radius 2 is 2.07 bits per heavy atom. The van der Waals surface area contributed by atoms with Crippen LogP contribution in [0.5, 0.6) is 0 Å². The topological polar surface area (TPSA) is 13.1 Å². The first-order chi connectivity index (χ1) is 7.27. The molecule has 15 heavy (non-hydrogen) atoms. The lowest BCUT2D eigenvalue weighted by Gasteiger charge is -2.02. The number of furan rings is 1. The Hall–Kier alpha value is -0.990. The minimum absolute atomic E-state index is 0.722. The third-order valence-corrected chi connectivity index (χ3v) is 3.45. The number of hydrogen-bond acceptors (Lipinski definition) is 1. The van der Waals surface area contributed by atoms with Gasteiger partial charge in [-0.3, -0.25) is 0 Å². The van der Waals surface area contributed by atoms with Crippen molar-refractivity contribution in [1.82, 2.24) is 0 Å². The zero-order valence-corrected chi connectivity index (χ0v) is 9.97. The van der Waals surface area contributed by atoms with Crippen molar-refractivity contribution in [3.8, 4) is 0 Å². The molecule has 74 valence electrons. The van der Waals surface area contributed by atoms with Gasteiger partial charge in [-0.1, -0.05) is 39.7 Å². The largest absolute Gasteiger partial charge is 0.464 e. The summed E-state index contributed by atoms with van der Waals surface area (Å²) in [6.07, 6.45) is 1.68. The van der Waals surface area contributed by atoms with Gasteiger partial charge in [-0.25, -0.2) is 0 Å². The van der Waals surface area contributed by atoms with Gasteiger partial charge in [0, 0.05) is 15.2 Å². The maximum atomic E-state index is 6.17. The molecule has 0 atom stereocenters. The van der Waals surface area contributed by atoms with Crippen molar-refractivity contribution in [2.45, 2.75) is 0 Å². The van der Waals surface area contributed by atoms with Gasteiger partial charge in [-0.05, 0) is 23.6 Å². The highest BCUT2D eigenvalue weighted by Crippen LogP contribution is 2.36. The van der Waals surface area contributed by atoms with Gasteiger partial charge < -0.3 is 4.42 Å². The molecule has 0 N–H and O–H groups in total. The monoisotopic (exact) mass is 280 g/mol. The van der Waals surface area contributed by atoms with Crippen molar-refractivity contribution in [3.63, 3.8) is 0 Å². The standard InChI is InChI=1S/C12H6BrClO/c13-9-6-7-2-1-3-10(14)11(7)12-8(9)4-5-15-12/h1-6H. The van der Waals surface area contributed by atoms with Crippen LogP contribution in [0.25, 0.3) is 21.7 Å². The Morgan fingerprint density at radius 1 is 1.20 bits per heavy atom. The van der Waals surface area contributed by atoms with Crippen LogP contribution in [0.2, 0.25) is 5.02 Å². The van der Waals surface area contributed by atoms with Crippen molar-refractivity contribution in [2.24, 2.45) is 0 Å². The lowest BCUT2D eigenvalue weighted by molar-refractivity contribution is 0.619. The third-order valence-electron chi connectivity index (χ3n) is 2.48. The zero-order valence-electron chi connectivity index (χ0n) is 7.63. The van der Waals surface area contributed by atoms with E-state index in [1.165, 1.54) is 0 Å². The molecular weight excluding hydrogens is 275 g/mol. The molecule has 0 saturated carbocycles. The summed E-state index contributed by atoms with van der Waals surface area (Å²) in [5, 5.41) is 3.83. The van der Waals surface area contributed by atoms with Crippen LogP contribution in [-0.2, 0) is 0 Å². The number of fused-ring (bicyclic) bond motifs is 3. The SMILES string of the molecule is Clc1cccc2cc(Br)c3ccoc3c12. The van der Waals surface area contributed by atoms with E-state index in [2.05, 4.69) is 22.0 Å². The van der Waals surface area contributed by atoms with Gasteiger partial charge >= 0.3 is 0 Å². The molecule has 1 heterocycles. The van der Waals surface area contributed by atoms with Gasteiger partial charge in [0.1, 0.15) is 5.58 Å². The number of halogens is 2. The highest BCUT2D eigenvalue weighted by Gasteiger charge is 2.09. The van der Waals surface area contributed by atoms with Gasteiger partial charge in [0.05, 0.1) is 11.3 Å². The molecule has 0 amide bonds. The molecule has 3 heteroatoms. The molecule has 0 aliphatic rings. The number of rotatable bonds is 0. The van der Waals surface area contributed by atoms with Crippen LogP contribution < -0.4 is 0 Å². The summed E-state index contributed by atoms with van der Waals surface area (Å²) in [5.41, 5.74) is 0.838. The van der Waals surface area contributed by atoms with Gasteiger partial charge in [0.25, 0.3) is 0 Å². The van der Waals surface area contributed by atoms with E-state index in [1.54, 1.807) is 6.26 Å². The van der Waals surface area contributed by atoms with E-state index < -0.39 is 0 Å². The Labute approximate surface area is 99.8 Å². The average molecular weight is 282 g/mol. The fourth-order valence-electron chi connectivity index (χ4n) is 1.81. The highest BCUT2D eigenvalue weighted by molar-refractivity contribution is 9.10. The first kappa shape index (κ1) is 9.25. The lowest BCUT2D eigenvalue weighted by atomic mass is 10.1. The number of benzene rings is 2. The summed E-state index contributed by atoms with van der Waals surface area (Å²) in [4.78, 5) is 0. The van der Waals surface area contributed by atoms with Crippen molar-refractivity contribution < 1.29 is 4.42 Å². The van der Waals surface area contributed by atoms with Crippen LogP contribution in [0.4, 0.5) is 0 Å². The fourth-order valence-corrected chi connectivity index (χ4v) is 2.63. The molecule has 0 bridgehead atoms. The Balaban J connectivity index is 2.68. The maximum Gasteiger partial charge on any atom is 0.144 e. The molecule has 2 aromatic carbocycles. The van der Waals surface area contributed by atoms with Crippen molar-refractivity contribution >= 4 is 49.3 Å². The van der Waals surface area contributed by atoms with Crippen LogP contribution in [0.1, 0.15) is 0 Å². The van der Waals surface area contributed by atoms with Gasteiger partial charge in [-0.2, -0.15) is 0 Å². The molecule has 3 rings (SSSR count). The second-order valence-corrected chi connectivity index (χ2v) is 4.62. The first-order valence-corrected chi connectivity index (χ1v) is 5.68. The van der Waals surface area contributed by atoms with E-state index in [1.807, 2.05) is 24.3 Å². The third kappa shape index (κ3) is 1.29. The van der Waals surface area contributed by atoms with Gasteiger partial charge in [0.2, 0.25) is 0 Å². The fraction of sp³-hybridized carbons (Fsp3) is 0. The molecule has 0 fully saturated rings. The molecule has 1 aromatic heterocycles. The highest BCUT2D eigenvalue weighted by atomic mass is 79.9. The molecule has 0 aliphatic heterocycles. The second-order valence-electron chi connectivity index (χ2n) is 3.36. The van der Waals surface area contributed by atoms with E-state index in [-0.39, 0.29) is 0 Å². The van der Waals surface area contributed by atoms with E-state index >= 15 is 0 Å². The Kier molecular flexibility index (Phi) is 2.01. The van der Waals surface area contributed by atoms with Crippen LogP contribution in [0.15, 0.2) is 45.5 Å². The van der Waals surface area contributed by atoms with Crippen LogP contribution in [0.3, 0.4) is 0 Å². The average Bonchev–Trinajstić information content (AvgIpc) is 2.66. The smallest absolute Gasteiger partial charge is 0.144 e. The maximum absolute atomic E-state index is 6.17. The molecule has 0 saturated heterocycles. The molecule has 0 unspecified atom stereocenters. The molecule has 0 radical (unpaired) electrons. The summed E-state index contributed by atoms with van der Waals surface area (Å²) in [5.74, 6) is 0. The Bertz CT molecular complexity index is 657. The predicted octanol–water partition coefficient (Wildman–Crippen LogP) is 5.00. The summed E-state index contributed by atoms with van der Waals surface area (Å²) < 4.78 is 6.51. The van der Waals surface area contributed by atoms with E-state index in [9.17, 15) is 0 Å². The molecule has 0 spiro atoms. The molecular formula is C12H6BrClO. The van der Waals surface area contributed by atoms with E-state index in [4.69, 9.17) is 16.0 Å². The molecule has 1 nitrogen and oxygen atoms in total. The second kappa shape index (κ2) is 3.26.